The van der Waals surface area contributed by atoms with Gasteiger partial charge < -0.3 is 5.32 Å². The molecule has 17 heavy (non-hydrogen) atoms. The summed E-state index contributed by atoms with van der Waals surface area (Å²) in [4.78, 5) is 0. The Morgan fingerprint density at radius 2 is 1.82 bits per heavy atom. The van der Waals surface area contributed by atoms with Crippen molar-refractivity contribution in [2.75, 3.05) is 6.54 Å². The summed E-state index contributed by atoms with van der Waals surface area (Å²) >= 11 is 0. The van der Waals surface area contributed by atoms with Crippen LogP contribution in [0, 0.1) is 17.8 Å². The van der Waals surface area contributed by atoms with Gasteiger partial charge in [0.15, 0.2) is 0 Å². The minimum Gasteiger partial charge on any atom is -0.314 e. The molecule has 1 N–H and O–H groups in total. The van der Waals surface area contributed by atoms with Crippen molar-refractivity contribution in [1.82, 2.24) is 5.32 Å². The average Bonchev–Trinajstić information content (AvgIpc) is 2.97. The van der Waals surface area contributed by atoms with E-state index in [1.165, 1.54) is 64.3 Å². The molecule has 0 aromatic rings. The van der Waals surface area contributed by atoms with E-state index >= 15 is 0 Å². The van der Waals surface area contributed by atoms with Crippen molar-refractivity contribution in [3.8, 4) is 0 Å². The average molecular weight is 237 g/mol. The first-order valence-electron chi connectivity index (χ1n) is 8.03. The van der Waals surface area contributed by atoms with Crippen LogP contribution in [0.15, 0.2) is 0 Å². The molecule has 0 aliphatic heterocycles. The highest BCUT2D eigenvalue weighted by atomic mass is 14.9. The van der Waals surface area contributed by atoms with E-state index in [1.807, 2.05) is 0 Å². The third-order valence-corrected chi connectivity index (χ3v) is 4.80. The summed E-state index contributed by atoms with van der Waals surface area (Å²) in [6, 6.07) is 0.889. The quantitative estimate of drug-likeness (QED) is 0.661. The zero-order valence-electron chi connectivity index (χ0n) is 11.9. The summed E-state index contributed by atoms with van der Waals surface area (Å²) < 4.78 is 0. The Kier molecular flexibility index (Phi) is 5.34. The Labute approximate surface area is 108 Å². The van der Waals surface area contributed by atoms with Crippen LogP contribution in [0.5, 0.6) is 0 Å². The molecule has 0 heterocycles. The molecule has 2 atom stereocenters. The van der Waals surface area contributed by atoms with Gasteiger partial charge in [-0.3, -0.25) is 0 Å². The molecule has 2 saturated carbocycles. The maximum atomic E-state index is 3.78. The Hall–Kier alpha value is -0.0400. The second-order valence-corrected chi connectivity index (χ2v) is 6.62. The van der Waals surface area contributed by atoms with Crippen molar-refractivity contribution < 1.29 is 0 Å². The highest BCUT2D eigenvalue weighted by Crippen LogP contribution is 2.35. The van der Waals surface area contributed by atoms with E-state index in [2.05, 4.69) is 19.2 Å². The molecule has 0 spiro atoms. The number of nitrogens with one attached hydrogen (secondary N) is 1. The number of rotatable bonds is 8. The van der Waals surface area contributed by atoms with Gasteiger partial charge in [0, 0.05) is 6.04 Å². The van der Waals surface area contributed by atoms with Crippen LogP contribution < -0.4 is 5.32 Å². The zero-order valence-corrected chi connectivity index (χ0v) is 11.9. The summed E-state index contributed by atoms with van der Waals surface area (Å²) in [7, 11) is 0. The molecule has 1 heteroatoms. The summed E-state index contributed by atoms with van der Waals surface area (Å²) in [5.41, 5.74) is 0. The monoisotopic (exact) mass is 237 g/mol. The van der Waals surface area contributed by atoms with Gasteiger partial charge in [0.25, 0.3) is 0 Å². The maximum absolute atomic E-state index is 3.78. The minimum atomic E-state index is 0.889. The Bertz CT molecular complexity index is 204. The van der Waals surface area contributed by atoms with Crippen molar-refractivity contribution in [1.29, 1.82) is 0 Å². The van der Waals surface area contributed by atoms with Gasteiger partial charge in [-0.15, -0.1) is 0 Å². The molecular formula is C16H31N. The van der Waals surface area contributed by atoms with Gasteiger partial charge in [0.05, 0.1) is 0 Å². The van der Waals surface area contributed by atoms with E-state index in [4.69, 9.17) is 0 Å². The summed E-state index contributed by atoms with van der Waals surface area (Å²) in [5, 5.41) is 3.78. The van der Waals surface area contributed by atoms with Crippen molar-refractivity contribution in [3.63, 3.8) is 0 Å². The first-order chi connectivity index (χ1) is 8.29. The van der Waals surface area contributed by atoms with E-state index in [9.17, 15) is 0 Å². The number of hydrogen-bond donors (Lipinski definition) is 1. The zero-order chi connectivity index (χ0) is 12.1. The molecule has 2 fully saturated rings. The molecule has 0 bridgehead atoms. The van der Waals surface area contributed by atoms with Gasteiger partial charge in [-0.1, -0.05) is 52.4 Å². The second-order valence-electron chi connectivity index (χ2n) is 6.62. The highest BCUT2D eigenvalue weighted by molar-refractivity contribution is 4.85. The number of hydrogen-bond acceptors (Lipinski definition) is 1. The van der Waals surface area contributed by atoms with Crippen LogP contribution in [0.2, 0.25) is 0 Å². The lowest BCUT2D eigenvalue weighted by molar-refractivity contribution is 0.260. The first-order valence-corrected chi connectivity index (χ1v) is 8.03. The fraction of sp³-hybridized carbons (Fsp3) is 1.00. The minimum absolute atomic E-state index is 0.889. The van der Waals surface area contributed by atoms with E-state index in [-0.39, 0.29) is 0 Å². The fourth-order valence-electron chi connectivity index (χ4n) is 3.60. The molecule has 0 radical (unpaired) electrons. The van der Waals surface area contributed by atoms with Crippen LogP contribution in [-0.4, -0.2) is 12.6 Å². The molecule has 0 saturated heterocycles. The van der Waals surface area contributed by atoms with Crippen LogP contribution in [0.1, 0.15) is 71.6 Å². The topological polar surface area (TPSA) is 12.0 Å². The van der Waals surface area contributed by atoms with Crippen LogP contribution in [0.3, 0.4) is 0 Å². The van der Waals surface area contributed by atoms with Crippen molar-refractivity contribution >= 4 is 0 Å². The van der Waals surface area contributed by atoms with Crippen LogP contribution >= 0.6 is 0 Å². The molecule has 2 rings (SSSR count). The standard InChI is InChI=1S/C16H31N/c1-3-6-13(2)11-15(12-17-16-9-10-16)14-7-4-5-8-14/h13-17H,3-12H2,1-2H3. The van der Waals surface area contributed by atoms with Crippen LogP contribution in [-0.2, 0) is 0 Å². The van der Waals surface area contributed by atoms with E-state index in [1.54, 1.807) is 0 Å². The molecular weight excluding hydrogens is 206 g/mol. The lowest BCUT2D eigenvalue weighted by Crippen LogP contribution is -2.30. The Balaban J connectivity index is 1.76. The lowest BCUT2D eigenvalue weighted by Gasteiger charge is -2.27. The van der Waals surface area contributed by atoms with Crippen LogP contribution in [0.25, 0.3) is 0 Å². The first kappa shape index (κ1) is 13.4. The highest BCUT2D eigenvalue weighted by Gasteiger charge is 2.28. The summed E-state index contributed by atoms with van der Waals surface area (Å²) in [6.07, 6.45) is 13.1. The molecule has 0 amide bonds. The molecule has 2 unspecified atom stereocenters. The van der Waals surface area contributed by atoms with Gasteiger partial charge in [0.2, 0.25) is 0 Å². The SMILES string of the molecule is CCCC(C)CC(CNC1CC1)C1CCCC1. The third-order valence-electron chi connectivity index (χ3n) is 4.80. The van der Waals surface area contributed by atoms with Gasteiger partial charge in [0.1, 0.15) is 0 Å². The maximum Gasteiger partial charge on any atom is 0.00683 e. The Morgan fingerprint density at radius 1 is 1.12 bits per heavy atom. The second kappa shape index (κ2) is 6.78. The lowest BCUT2D eigenvalue weighted by atomic mass is 9.82. The van der Waals surface area contributed by atoms with Gasteiger partial charge >= 0.3 is 0 Å². The fourth-order valence-corrected chi connectivity index (χ4v) is 3.60. The van der Waals surface area contributed by atoms with Gasteiger partial charge in [-0.05, 0) is 43.6 Å². The molecule has 1 nitrogen and oxygen atoms in total. The normalized spacial score (nSPS) is 25.1. The van der Waals surface area contributed by atoms with Crippen molar-refractivity contribution in [2.24, 2.45) is 17.8 Å². The van der Waals surface area contributed by atoms with E-state index in [0.29, 0.717) is 0 Å². The molecule has 2 aliphatic rings. The summed E-state index contributed by atoms with van der Waals surface area (Å²) in [6.45, 7) is 6.09. The predicted octanol–water partition coefficient (Wildman–Crippen LogP) is 4.37. The predicted molar refractivity (Wildman–Crippen MR) is 75.2 cm³/mol. The Morgan fingerprint density at radius 3 is 2.41 bits per heavy atom. The molecule has 0 aromatic carbocycles. The van der Waals surface area contributed by atoms with Crippen molar-refractivity contribution in [3.05, 3.63) is 0 Å². The van der Waals surface area contributed by atoms with E-state index in [0.717, 1.165) is 23.8 Å². The van der Waals surface area contributed by atoms with Gasteiger partial charge in [-0.25, -0.2) is 0 Å². The third kappa shape index (κ3) is 4.62. The van der Waals surface area contributed by atoms with Crippen LogP contribution in [0.4, 0.5) is 0 Å². The molecule has 2 aliphatic carbocycles. The van der Waals surface area contributed by atoms with Gasteiger partial charge in [-0.2, -0.15) is 0 Å². The molecule has 0 aromatic heterocycles. The molecule has 100 valence electrons. The largest absolute Gasteiger partial charge is 0.314 e. The van der Waals surface area contributed by atoms with Crippen molar-refractivity contribution in [2.45, 2.75) is 77.7 Å². The van der Waals surface area contributed by atoms with E-state index < -0.39 is 0 Å². The summed E-state index contributed by atoms with van der Waals surface area (Å²) in [5.74, 6) is 2.95. The smallest absolute Gasteiger partial charge is 0.00683 e.